The fraction of sp³-hybridized carbons (Fsp3) is 0.870. The minimum absolute atomic E-state index is 0.181. The van der Waals surface area contributed by atoms with Gasteiger partial charge in [0.2, 0.25) is 0 Å². The number of aliphatic hydroxyl groups is 3. The molecule has 1 aliphatic heterocycles. The molecule has 0 aromatic heterocycles. The van der Waals surface area contributed by atoms with Gasteiger partial charge in [-0.1, -0.05) is 13.8 Å². The van der Waals surface area contributed by atoms with E-state index >= 15 is 0 Å². The third kappa shape index (κ3) is 2.27. The molecular formula is C23H34O5. The number of hydrogen-bond acceptors (Lipinski definition) is 5. The summed E-state index contributed by atoms with van der Waals surface area (Å²) in [7, 11) is 0. The van der Waals surface area contributed by atoms with Crippen LogP contribution in [0.4, 0.5) is 0 Å². The lowest BCUT2D eigenvalue weighted by Crippen LogP contribution is -2.65. The van der Waals surface area contributed by atoms with E-state index in [1.54, 1.807) is 6.08 Å². The standard InChI is InChI=1S/C23H34O5/c1-21-7-5-17-18(4-3-14-10-15(24)11-19(25)22(14,17)2)23(21,27)8-6-16(21)13-9-20(26)28-12-13/h9,14-19,24-25,27H,3-8,10-12H2,1-2H3/t14-,15-,16-,17+,18-,19?,21-,22+,23+/m1/s1. The summed E-state index contributed by atoms with van der Waals surface area (Å²) in [4.78, 5) is 11.6. The molecule has 1 unspecified atom stereocenters. The van der Waals surface area contributed by atoms with Gasteiger partial charge in [0.1, 0.15) is 6.61 Å². The maximum absolute atomic E-state index is 12.1. The summed E-state index contributed by atoms with van der Waals surface area (Å²) in [6.07, 6.45) is 7.52. The van der Waals surface area contributed by atoms with Gasteiger partial charge in [-0.2, -0.15) is 0 Å². The Labute approximate surface area is 167 Å². The van der Waals surface area contributed by atoms with Crippen LogP contribution in [0.15, 0.2) is 11.6 Å². The lowest BCUT2D eigenvalue weighted by Gasteiger charge is -2.64. The van der Waals surface area contributed by atoms with Gasteiger partial charge in [0, 0.05) is 11.5 Å². The second kappa shape index (κ2) is 6.05. The minimum Gasteiger partial charge on any atom is -0.458 e. The van der Waals surface area contributed by atoms with Crippen molar-refractivity contribution in [2.45, 2.75) is 83.0 Å². The van der Waals surface area contributed by atoms with Gasteiger partial charge in [0.05, 0.1) is 17.8 Å². The van der Waals surface area contributed by atoms with Crippen LogP contribution in [-0.2, 0) is 9.53 Å². The lowest BCUT2D eigenvalue weighted by molar-refractivity contribution is -0.231. The van der Waals surface area contributed by atoms with Crippen molar-refractivity contribution in [2.24, 2.45) is 34.5 Å². The van der Waals surface area contributed by atoms with Gasteiger partial charge < -0.3 is 20.1 Å². The van der Waals surface area contributed by atoms with Crippen molar-refractivity contribution < 1.29 is 24.9 Å². The highest BCUT2D eigenvalue weighted by Gasteiger charge is 2.68. The summed E-state index contributed by atoms with van der Waals surface area (Å²) in [6, 6.07) is 0. The van der Waals surface area contributed by atoms with Crippen molar-refractivity contribution in [3.63, 3.8) is 0 Å². The average Bonchev–Trinajstić information content (AvgIpc) is 3.17. The van der Waals surface area contributed by atoms with E-state index in [-0.39, 0.29) is 28.6 Å². The molecule has 0 amide bonds. The topological polar surface area (TPSA) is 87.0 Å². The fourth-order valence-corrected chi connectivity index (χ4v) is 8.45. The molecule has 1 heterocycles. The van der Waals surface area contributed by atoms with E-state index in [2.05, 4.69) is 13.8 Å². The first-order chi connectivity index (χ1) is 13.2. The number of rotatable bonds is 1. The SMILES string of the molecule is C[C@]12C(O)C[C@H](O)C[C@H]1CC[C@@H]1[C@@H]2CC[C@]2(C)[C@@H](C3=CC(=O)OC3)CC[C@]12O. The van der Waals surface area contributed by atoms with Crippen molar-refractivity contribution in [1.82, 2.24) is 0 Å². The molecule has 5 heteroatoms. The Hall–Kier alpha value is -0.910. The van der Waals surface area contributed by atoms with E-state index in [4.69, 9.17) is 4.74 Å². The average molecular weight is 391 g/mol. The maximum Gasteiger partial charge on any atom is 0.331 e. The summed E-state index contributed by atoms with van der Waals surface area (Å²) in [6.45, 7) is 4.81. The highest BCUT2D eigenvalue weighted by atomic mass is 16.5. The summed E-state index contributed by atoms with van der Waals surface area (Å²) in [5.74, 6) is 0.761. The molecule has 0 radical (unpaired) electrons. The first-order valence-corrected chi connectivity index (χ1v) is 11.2. The molecule has 0 spiro atoms. The molecule has 4 fully saturated rings. The number of cyclic esters (lactones) is 1. The first kappa shape index (κ1) is 19.1. The fourth-order valence-electron chi connectivity index (χ4n) is 8.45. The molecule has 0 aromatic rings. The van der Waals surface area contributed by atoms with Gasteiger partial charge in [-0.05, 0) is 86.0 Å². The number of fused-ring (bicyclic) bond motifs is 5. The Morgan fingerprint density at radius 3 is 2.54 bits per heavy atom. The molecule has 4 aliphatic carbocycles. The predicted octanol–water partition coefficient (Wildman–Crippen LogP) is 2.58. The quantitative estimate of drug-likeness (QED) is 0.599. The Balaban J connectivity index is 1.49. The number of esters is 1. The number of carbonyl (C=O) groups excluding carboxylic acids is 1. The molecule has 28 heavy (non-hydrogen) atoms. The number of ether oxygens (including phenoxy) is 1. The van der Waals surface area contributed by atoms with Crippen LogP contribution >= 0.6 is 0 Å². The van der Waals surface area contributed by atoms with E-state index in [1.807, 2.05) is 0 Å². The first-order valence-electron chi connectivity index (χ1n) is 11.2. The molecule has 4 saturated carbocycles. The van der Waals surface area contributed by atoms with Crippen LogP contribution in [0.2, 0.25) is 0 Å². The monoisotopic (exact) mass is 390 g/mol. The normalized spacial score (nSPS) is 55.8. The Morgan fingerprint density at radius 2 is 1.82 bits per heavy atom. The number of carbonyl (C=O) groups is 1. The van der Waals surface area contributed by atoms with E-state index in [9.17, 15) is 20.1 Å². The summed E-state index contributed by atoms with van der Waals surface area (Å²) < 4.78 is 5.18. The highest BCUT2D eigenvalue weighted by molar-refractivity contribution is 5.85. The zero-order valence-electron chi connectivity index (χ0n) is 17.1. The van der Waals surface area contributed by atoms with Gasteiger partial charge in [-0.25, -0.2) is 4.79 Å². The lowest BCUT2D eigenvalue weighted by atomic mass is 9.42. The van der Waals surface area contributed by atoms with Crippen molar-refractivity contribution in [2.75, 3.05) is 6.61 Å². The Morgan fingerprint density at radius 1 is 1.04 bits per heavy atom. The van der Waals surface area contributed by atoms with Gasteiger partial charge in [0.15, 0.2) is 0 Å². The third-order valence-corrected chi connectivity index (χ3v) is 10.1. The minimum atomic E-state index is -0.753. The van der Waals surface area contributed by atoms with Crippen LogP contribution in [0, 0.1) is 34.5 Å². The molecule has 5 nitrogen and oxygen atoms in total. The predicted molar refractivity (Wildman–Crippen MR) is 103 cm³/mol. The van der Waals surface area contributed by atoms with Crippen molar-refractivity contribution in [3.8, 4) is 0 Å². The van der Waals surface area contributed by atoms with Crippen LogP contribution in [0.3, 0.4) is 0 Å². The van der Waals surface area contributed by atoms with E-state index in [1.165, 1.54) is 0 Å². The molecule has 0 aromatic carbocycles. The molecule has 5 aliphatic rings. The zero-order valence-corrected chi connectivity index (χ0v) is 17.1. The second-order valence-electron chi connectivity index (χ2n) is 10.8. The molecule has 0 bridgehead atoms. The second-order valence-corrected chi connectivity index (χ2v) is 10.8. The Kier molecular flexibility index (Phi) is 4.12. The van der Waals surface area contributed by atoms with Crippen LogP contribution in [0.25, 0.3) is 0 Å². The highest BCUT2D eigenvalue weighted by Crippen LogP contribution is 2.69. The molecular weight excluding hydrogens is 356 g/mol. The number of aliphatic hydroxyl groups excluding tert-OH is 2. The van der Waals surface area contributed by atoms with Crippen molar-refractivity contribution in [3.05, 3.63) is 11.6 Å². The van der Waals surface area contributed by atoms with E-state index in [0.717, 1.165) is 50.5 Å². The van der Waals surface area contributed by atoms with Crippen LogP contribution in [0.5, 0.6) is 0 Å². The zero-order chi connectivity index (χ0) is 19.9. The molecule has 156 valence electrons. The summed E-state index contributed by atoms with van der Waals surface area (Å²) in [5.41, 5.74) is -0.154. The van der Waals surface area contributed by atoms with Gasteiger partial charge in [-0.3, -0.25) is 0 Å². The number of hydrogen-bond donors (Lipinski definition) is 3. The van der Waals surface area contributed by atoms with Crippen molar-refractivity contribution in [1.29, 1.82) is 0 Å². The summed E-state index contributed by atoms with van der Waals surface area (Å²) >= 11 is 0. The third-order valence-electron chi connectivity index (χ3n) is 10.1. The van der Waals surface area contributed by atoms with E-state index < -0.39 is 17.8 Å². The molecule has 9 atom stereocenters. The smallest absolute Gasteiger partial charge is 0.331 e. The molecule has 0 saturated heterocycles. The molecule has 3 N–H and O–H groups in total. The van der Waals surface area contributed by atoms with Gasteiger partial charge in [-0.15, -0.1) is 0 Å². The maximum atomic E-state index is 12.1. The van der Waals surface area contributed by atoms with E-state index in [0.29, 0.717) is 24.9 Å². The summed E-state index contributed by atoms with van der Waals surface area (Å²) in [5, 5.41) is 33.3. The molecule has 5 rings (SSSR count). The van der Waals surface area contributed by atoms with Gasteiger partial charge >= 0.3 is 5.97 Å². The van der Waals surface area contributed by atoms with Crippen LogP contribution in [0.1, 0.15) is 65.2 Å². The van der Waals surface area contributed by atoms with Crippen LogP contribution in [-0.4, -0.2) is 45.7 Å². The Bertz CT molecular complexity index is 718. The van der Waals surface area contributed by atoms with Crippen molar-refractivity contribution >= 4 is 5.97 Å². The van der Waals surface area contributed by atoms with Crippen LogP contribution < -0.4 is 0 Å². The largest absolute Gasteiger partial charge is 0.458 e. The van der Waals surface area contributed by atoms with Gasteiger partial charge in [0.25, 0.3) is 0 Å².